The van der Waals surface area contributed by atoms with Gasteiger partial charge < -0.3 is 4.98 Å². The van der Waals surface area contributed by atoms with Crippen molar-refractivity contribution in [2.24, 2.45) is 0 Å². The smallest absolute Gasteiger partial charge is 0.346 e. The fraction of sp³-hybridized carbons (Fsp3) is 0.125. The van der Waals surface area contributed by atoms with Gasteiger partial charge in [-0.25, -0.2) is 4.98 Å². The summed E-state index contributed by atoms with van der Waals surface area (Å²) < 4.78 is 36.9. The fourth-order valence-electron chi connectivity index (χ4n) is 1.13. The second-order valence-corrected chi connectivity index (χ2v) is 2.53. The fourth-order valence-corrected chi connectivity index (χ4v) is 1.13. The summed E-state index contributed by atoms with van der Waals surface area (Å²) in [5, 5.41) is 0.0509. The van der Waals surface area contributed by atoms with E-state index < -0.39 is 11.7 Å². The number of fused-ring (bicyclic) bond motifs is 1. The van der Waals surface area contributed by atoms with Gasteiger partial charge in [0.15, 0.2) is 0 Å². The van der Waals surface area contributed by atoms with Crippen LogP contribution in [0.2, 0.25) is 0 Å². The molecule has 0 amide bonds. The van der Waals surface area contributed by atoms with Gasteiger partial charge >= 0.3 is 6.18 Å². The van der Waals surface area contributed by atoms with E-state index in [1.54, 1.807) is 0 Å². The maximum atomic E-state index is 12.3. The Balaban J connectivity index is 2.72. The zero-order chi connectivity index (χ0) is 9.47. The predicted octanol–water partition coefficient (Wildman–Crippen LogP) is 2.38. The van der Waals surface area contributed by atoms with Crippen LogP contribution < -0.4 is 0 Å². The molecule has 1 radical (unpaired) electrons. The molecule has 0 saturated carbocycles. The molecule has 0 aliphatic carbocycles. The summed E-state index contributed by atoms with van der Waals surface area (Å²) in [5.41, 5.74) is -0.474. The third-order valence-corrected chi connectivity index (χ3v) is 1.70. The first-order valence-corrected chi connectivity index (χ1v) is 3.49. The van der Waals surface area contributed by atoms with Crippen LogP contribution >= 0.6 is 0 Å². The number of nitrogens with one attached hydrogen (secondary N) is 1. The van der Waals surface area contributed by atoms with E-state index in [2.05, 4.69) is 16.0 Å². The van der Waals surface area contributed by atoms with Gasteiger partial charge in [-0.2, -0.15) is 13.2 Å². The molecular weight excluding hydrogens is 181 g/mol. The molecule has 0 aromatic carbocycles. The lowest BCUT2D eigenvalue weighted by molar-refractivity contribution is -0.136. The average Bonchev–Trinajstić information content (AvgIpc) is 2.45. The molecule has 0 atom stereocenters. The Morgan fingerprint density at radius 2 is 2.15 bits per heavy atom. The summed E-state index contributed by atoms with van der Waals surface area (Å²) in [5.74, 6) is 0. The summed E-state index contributed by atoms with van der Waals surface area (Å²) in [6.45, 7) is 0. The molecule has 0 aliphatic rings. The van der Waals surface area contributed by atoms with Crippen LogP contribution in [0.3, 0.4) is 0 Å². The van der Waals surface area contributed by atoms with E-state index in [-0.39, 0.29) is 11.0 Å². The quantitative estimate of drug-likeness (QED) is 0.670. The van der Waals surface area contributed by atoms with E-state index in [1.807, 2.05) is 0 Å². The Kier molecular flexibility index (Phi) is 1.55. The van der Waals surface area contributed by atoms with Gasteiger partial charge in [-0.1, -0.05) is 0 Å². The summed E-state index contributed by atoms with van der Waals surface area (Å²) in [6.07, 6.45) is -2.11. The van der Waals surface area contributed by atoms with Crippen molar-refractivity contribution in [3.8, 4) is 0 Å². The molecule has 5 heteroatoms. The third-order valence-electron chi connectivity index (χ3n) is 1.70. The molecule has 13 heavy (non-hydrogen) atoms. The highest BCUT2D eigenvalue weighted by atomic mass is 19.4. The number of alkyl halides is 3. The van der Waals surface area contributed by atoms with Crippen LogP contribution in [0.1, 0.15) is 5.56 Å². The molecule has 0 spiro atoms. The molecule has 0 fully saturated rings. The zero-order valence-electron chi connectivity index (χ0n) is 6.31. The predicted molar refractivity (Wildman–Crippen MR) is 39.9 cm³/mol. The van der Waals surface area contributed by atoms with Crippen LogP contribution in [0.25, 0.3) is 11.0 Å². The standard InChI is InChI=1S/C8H4F3N2/c9-8(10,11)6-4-13-7-5(6)2-1-3-12-7/h2-4H,(H,12,13). The Hall–Kier alpha value is -1.52. The summed E-state index contributed by atoms with van der Waals surface area (Å²) in [7, 11) is 0. The second-order valence-electron chi connectivity index (χ2n) is 2.53. The zero-order valence-corrected chi connectivity index (χ0v) is 6.31. The van der Waals surface area contributed by atoms with Gasteiger partial charge in [0.25, 0.3) is 0 Å². The second kappa shape index (κ2) is 2.48. The van der Waals surface area contributed by atoms with Gasteiger partial charge in [0, 0.05) is 23.8 Å². The van der Waals surface area contributed by atoms with Crippen molar-refractivity contribution in [2.45, 2.75) is 6.18 Å². The van der Waals surface area contributed by atoms with Gasteiger partial charge in [0.1, 0.15) is 5.65 Å². The van der Waals surface area contributed by atoms with E-state index in [1.165, 1.54) is 12.3 Å². The van der Waals surface area contributed by atoms with Crippen LogP contribution in [0.15, 0.2) is 18.5 Å². The molecule has 2 aromatic heterocycles. The maximum Gasteiger partial charge on any atom is 0.418 e. The number of rotatable bonds is 0. The van der Waals surface area contributed by atoms with Crippen molar-refractivity contribution in [3.63, 3.8) is 0 Å². The SMILES string of the molecule is FC(F)(F)c1c[nH]c2nc[c]cc12. The van der Waals surface area contributed by atoms with Crippen LogP contribution in [-0.2, 0) is 6.18 Å². The largest absolute Gasteiger partial charge is 0.418 e. The Labute approximate surface area is 71.4 Å². The van der Waals surface area contributed by atoms with Gasteiger partial charge in [-0.15, -0.1) is 0 Å². The molecule has 0 aliphatic heterocycles. The first-order valence-electron chi connectivity index (χ1n) is 3.49. The lowest BCUT2D eigenvalue weighted by Gasteiger charge is -2.02. The number of aromatic nitrogens is 2. The van der Waals surface area contributed by atoms with E-state index in [9.17, 15) is 13.2 Å². The highest BCUT2D eigenvalue weighted by Crippen LogP contribution is 2.33. The van der Waals surface area contributed by atoms with Crippen LogP contribution in [0.4, 0.5) is 13.2 Å². The van der Waals surface area contributed by atoms with Gasteiger partial charge in [-0.05, 0) is 6.07 Å². The summed E-state index contributed by atoms with van der Waals surface area (Å²) >= 11 is 0. The highest BCUT2D eigenvalue weighted by molar-refractivity contribution is 5.79. The first kappa shape index (κ1) is 8.10. The van der Waals surface area contributed by atoms with Crippen LogP contribution in [-0.4, -0.2) is 9.97 Å². The number of pyridine rings is 1. The number of aromatic amines is 1. The summed E-state index contributed by atoms with van der Waals surface area (Å²) in [4.78, 5) is 6.15. The van der Waals surface area contributed by atoms with Crippen molar-refractivity contribution in [3.05, 3.63) is 30.1 Å². The van der Waals surface area contributed by atoms with E-state index >= 15 is 0 Å². The topological polar surface area (TPSA) is 28.7 Å². The van der Waals surface area contributed by atoms with Crippen molar-refractivity contribution in [1.82, 2.24) is 9.97 Å². The van der Waals surface area contributed by atoms with Crippen molar-refractivity contribution >= 4 is 11.0 Å². The molecule has 2 aromatic rings. The van der Waals surface area contributed by atoms with Crippen molar-refractivity contribution in [1.29, 1.82) is 0 Å². The maximum absolute atomic E-state index is 12.3. The minimum Gasteiger partial charge on any atom is -0.346 e. The number of nitrogens with zero attached hydrogens (tertiary/aromatic N) is 1. The van der Waals surface area contributed by atoms with Crippen molar-refractivity contribution in [2.75, 3.05) is 0 Å². The van der Waals surface area contributed by atoms with E-state index in [0.717, 1.165) is 6.20 Å². The van der Waals surface area contributed by atoms with Crippen molar-refractivity contribution < 1.29 is 13.2 Å². The van der Waals surface area contributed by atoms with E-state index in [0.29, 0.717) is 0 Å². The van der Waals surface area contributed by atoms with Crippen LogP contribution in [0.5, 0.6) is 0 Å². The van der Waals surface area contributed by atoms with Gasteiger partial charge in [0.05, 0.1) is 5.56 Å². The highest BCUT2D eigenvalue weighted by Gasteiger charge is 2.33. The molecule has 2 nitrogen and oxygen atoms in total. The Bertz CT molecular complexity index is 430. The number of H-pyrrole nitrogens is 1. The number of halogens is 3. The minimum atomic E-state index is -4.34. The Morgan fingerprint density at radius 1 is 1.38 bits per heavy atom. The molecule has 1 N–H and O–H groups in total. The van der Waals surface area contributed by atoms with Gasteiger partial charge in [0.2, 0.25) is 0 Å². The average molecular weight is 185 g/mol. The number of hydrogen-bond donors (Lipinski definition) is 1. The molecule has 0 saturated heterocycles. The Morgan fingerprint density at radius 3 is 2.85 bits per heavy atom. The third kappa shape index (κ3) is 1.26. The molecule has 67 valence electrons. The molecule has 0 unspecified atom stereocenters. The van der Waals surface area contributed by atoms with E-state index in [4.69, 9.17) is 0 Å². The minimum absolute atomic E-state index is 0.0509. The number of hydrogen-bond acceptors (Lipinski definition) is 1. The lowest BCUT2D eigenvalue weighted by atomic mass is 10.2. The molecule has 2 heterocycles. The normalized spacial score (nSPS) is 12.2. The molecule has 2 rings (SSSR count). The lowest BCUT2D eigenvalue weighted by Crippen LogP contribution is -2.03. The summed E-state index contributed by atoms with van der Waals surface area (Å²) in [6, 6.07) is 3.77. The van der Waals surface area contributed by atoms with Gasteiger partial charge in [-0.3, -0.25) is 0 Å². The van der Waals surface area contributed by atoms with Crippen LogP contribution in [0, 0.1) is 6.07 Å². The molecule has 0 bridgehead atoms. The first-order chi connectivity index (χ1) is 6.09. The monoisotopic (exact) mass is 185 g/mol. The molecular formula is C8H4F3N2.